The standard InChI is InChI=1S/C12H18F3N3S/c1-2-7-3-4-8(5-7)10(18-16)9-6-17-11(19-9)12(13,14)15/h6-8,10,18H,2-5,16H2,1H3. The van der Waals surface area contributed by atoms with Crippen LogP contribution in [0.2, 0.25) is 0 Å². The van der Waals surface area contributed by atoms with Crippen LogP contribution in [0, 0.1) is 11.8 Å². The Labute approximate surface area is 114 Å². The number of nitrogens with one attached hydrogen (secondary N) is 1. The number of hydrogen-bond donors (Lipinski definition) is 2. The van der Waals surface area contributed by atoms with Crippen LogP contribution in [0.25, 0.3) is 0 Å². The number of halogens is 3. The third-order valence-electron chi connectivity index (χ3n) is 3.88. The molecule has 19 heavy (non-hydrogen) atoms. The average Bonchev–Trinajstić information content (AvgIpc) is 2.98. The SMILES string of the molecule is CCC1CCC(C(NN)c2cnc(C(F)(F)F)s2)C1. The molecular formula is C12H18F3N3S. The normalized spacial score (nSPS) is 25.7. The molecule has 0 aliphatic heterocycles. The van der Waals surface area contributed by atoms with E-state index >= 15 is 0 Å². The van der Waals surface area contributed by atoms with E-state index in [0.717, 1.165) is 25.7 Å². The molecule has 1 aromatic heterocycles. The number of aromatic nitrogens is 1. The predicted octanol–water partition coefficient (Wildman–Crippen LogP) is 3.49. The van der Waals surface area contributed by atoms with E-state index in [4.69, 9.17) is 5.84 Å². The second-order valence-electron chi connectivity index (χ2n) is 5.06. The summed E-state index contributed by atoms with van der Waals surface area (Å²) in [6.07, 6.45) is 1.20. The molecule has 0 bridgehead atoms. The van der Waals surface area contributed by atoms with Gasteiger partial charge in [0, 0.05) is 11.1 Å². The van der Waals surface area contributed by atoms with E-state index in [1.54, 1.807) is 0 Å². The number of hydrogen-bond acceptors (Lipinski definition) is 4. The molecular weight excluding hydrogens is 275 g/mol. The maximum atomic E-state index is 12.6. The van der Waals surface area contributed by atoms with Crippen molar-refractivity contribution in [3.63, 3.8) is 0 Å². The Bertz CT molecular complexity index is 419. The van der Waals surface area contributed by atoms with Crippen LogP contribution in [0.5, 0.6) is 0 Å². The number of thiazole rings is 1. The lowest BCUT2D eigenvalue weighted by Crippen LogP contribution is -2.32. The van der Waals surface area contributed by atoms with Crippen molar-refractivity contribution in [2.45, 2.75) is 44.8 Å². The first kappa shape index (κ1) is 14.7. The molecule has 0 spiro atoms. The monoisotopic (exact) mass is 293 g/mol. The molecule has 1 aliphatic rings. The molecule has 3 atom stereocenters. The predicted molar refractivity (Wildman–Crippen MR) is 68.3 cm³/mol. The van der Waals surface area contributed by atoms with Gasteiger partial charge in [-0.2, -0.15) is 13.2 Å². The minimum atomic E-state index is -4.37. The van der Waals surface area contributed by atoms with E-state index in [1.807, 2.05) is 0 Å². The van der Waals surface area contributed by atoms with Crippen LogP contribution in [-0.2, 0) is 6.18 Å². The second kappa shape index (κ2) is 5.76. The topological polar surface area (TPSA) is 50.9 Å². The Morgan fingerprint density at radius 3 is 2.74 bits per heavy atom. The fourth-order valence-corrected chi connectivity index (χ4v) is 3.74. The largest absolute Gasteiger partial charge is 0.443 e. The smallest absolute Gasteiger partial charge is 0.271 e. The summed E-state index contributed by atoms with van der Waals surface area (Å²) in [5.41, 5.74) is 2.67. The van der Waals surface area contributed by atoms with E-state index in [2.05, 4.69) is 17.3 Å². The third kappa shape index (κ3) is 3.27. The van der Waals surface area contributed by atoms with E-state index in [0.29, 0.717) is 28.0 Å². The summed E-state index contributed by atoms with van der Waals surface area (Å²) in [6.45, 7) is 2.15. The van der Waals surface area contributed by atoms with Gasteiger partial charge in [-0.15, -0.1) is 11.3 Å². The lowest BCUT2D eigenvalue weighted by Gasteiger charge is -2.21. The average molecular weight is 293 g/mol. The summed E-state index contributed by atoms with van der Waals surface area (Å²) in [6, 6.07) is -0.217. The van der Waals surface area contributed by atoms with E-state index in [9.17, 15) is 13.2 Å². The van der Waals surface area contributed by atoms with Gasteiger partial charge >= 0.3 is 6.18 Å². The van der Waals surface area contributed by atoms with Gasteiger partial charge in [-0.25, -0.2) is 4.98 Å². The van der Waals surface area contributed by atoms with Crippen LogP contribution in [0.4, 0.5) is 13.2 Å². The van der Waals surface area contributed by atoms with Gasteiger partial charge in [0.2, 0.25) is 0 Å². The summed E-state index contributed by atoms with van der Waals surface area (Å²) < 4.78 is 37.7. The van der Waals surface area contributed by atoms with Crippen LogP contribution in [0.15, 0.2) is 6.20 Å². The van der Waals surface area contributed by atoms with Crippen LogP contribution < -0.4 is 11.3 Å². The number of rotatable bonds is 4. The van der Waals surface area contributed by atoms with Gasteiger partial charge in [-0.05, 0) is 24.7 Å². The molecule has 0 amide bonds. The minimum Gasteiger partial charge on any atom is -0.271 e. The summed E-state index contributed by atoms with van der Waals surface area (Å²) in [5.74, 6) is 6.50. The van der Waals surface area contributed by atoms with Crippen molar-refractivity contribution in [2.24, 2.45) is 17.7 Å². The van der Waals surface area contributed by atoms with Crippen molar-refractivity contribution < 1.29 is 13.2 Å². The van der Waals surface area contributed by atoms with Crippen LogP contribution in [0.1, 0.15) is 48.5 Å². The van der Waals surface area contributed by atoms with Gasteiger partial charge in [0.1, 0.15) is 0 Å². The zero-order valence-corrected chi connectivity index (χ0v) is 11.5. The van der Waals surface area contributed by atoms with Gasteiger partial charge < -0.3 is 0 Å². The Kier molecular flexibility index (Phi) is 4.47. The second-order valence-corrected chi connectivity index (χ2v) is 6.12. The van der Waals surface area contributed by atoms with Gasteiger partial charge in [0.25, 0.3) is 0 Å². The molecule has 0 radical (unpaired) electrons. The zero-order chi connectivity index (χ0) is 14.0. The lowest BCUT2D eigenvalue weighted by atomic mass is 9.95. The Balaban J connectivity index is 2.12. The van der Waals surface area contributed by atoms with Crippen molar-refractivity contribution in [1.82, 2.24) is 10.4 Å². The highest BCUT2D eigenvalue weighted by Gasteiger charge is 2.37. The summed E-state index contributed by atoms with van der Waals surface area (Å²) in [7, 11) is 0. The van der Waals surface area contributed by atoms with Gasteiger partial charge in [-0.3, -0.25) is 11.3 Å². The highest BCUT2D eigenvalue weighted by atomic mass is 32.1. The molecule has 3 nitrogen and oxygen atoms in total. The van der Waals surface area contributed by atoms with Crippen molar-refractivity contribution >= 4 is 11.3 Å². The van der Waals surface area contributed by atoms with Crippen molar-refractivity contribution in [3.8, 4) is 0 Å². The molecule has 1 heterocycles. The summed E-state index contributed by atoms with van der Waals surface area (Å²) in [4.78, 5) is 4.05. The Hall–Kier alpha value is -0.660. The van der Waals surface area contributed by atoms with Gasteiger partial charge in [0.15, 0.2) is 5.01 Å². The Morgan fingerprint density at radius 2 is 2.26 bits per heavy atom. The number of nitrogens with zero attached hydrogens (tertiary/aromatic N) is 1. The first-order valence-electron chi connectivity index (χ1n) is 6.44. The fraction of sp³-hybridized carbons (Fsp3) is 0.750. The van der Waals surface area contributed by atoms with Crippen molar-refractivity contribution in [2.75, 3.05) is 0 Å². The zero-order valence-electron chi connectivity index (χ0n) is 10.7. The molecule has 3 unspecified atom stereocenters. The first-order chi connectivity index (χ1) is 8.95. The van der Waals surface area contributed by atoms with Crippen molar-refractivity contribution in [1.29, 1.82) is 0 Å². The highest BCUT2D eigenvalue weighted by Crippen LogP contribution is 2.42. The molecule has 1 aliphatic carbocycles. The molecule has 7 heteroatoms. The maximum absolute atomic E-state index is 12.6. The van der Waals surface area contributed by atoms with Crippen LogP contribution in [0.3, 0.4) is 0 Å². The van der Waals surface area contributed by atoms with E-state index in [1.165, 1.54) is 6.20 Å². The molecule has 1 fully saturated rings. The lowest BCUT2D eigenvalue weighted by molar-refractivity contribution is -0.137. The molecule has 3 N–H and O–H groups in total. The third-order valence-corrected chi connectivity index (χ3v) is 5.01. The molecule has 1 saturated carbocycles. The highest BCUT2D eigenvalue weighted by molar-refractivity contribution is 7.11. The molecule has 2 rings (SSSR count). The number of nitrogens with two attached hydrogens (primary N) is 1. The van der Waals surface area contributed by atoms with Crippen LogP contribution >= 0.6 is 11.3 Å². The van der Waals surface area contributed by atoms with E-state index in [-0.39, 0.29) is 6.04 Å². The van der Waals surface area contributed by atoms with E-state index < -0.39 is 11.2 Å². The molecule has 1 aromatic rings. The fourth-order valence-electron chi connectivity index (χ4n) is 2.80. The van der Waals surface area contributed by atoms with Gasteiger partial charge in [0.05, 0.1) is 6.04 Å². The van der Waals surface area contributed by atoms with Crippen molar-refractivity contribution in [3.05, 3.63) is 16.1 Å². The first-order valence-corrected chi connectivity index (χ1v) is 7.26. The molecule has 0 aromatic carbocycles. The quantitative estimate of drug-likeness (QED) is 0.660. The summed E-state index contributed by atoms with van der Waals surface area (Å²) >= 11 is 0.690. The number of hydrazine groups is 1. The maximum Gasteiger partial charge on any atom is 0.443 e. The Morgan fingerprint density at radius 1 is 1.53 bits per heavy atom. The summed E-state index contributed by atoms with van der Waals surface area (Å²) in [5, 5.41) is -0.798. The van der Waals surface area contributed by atoms with Gasteiger partial charge in [-0.1, -0.05) is 19.8 Å². The van der Waals surface area contributed by atoms with Crippen LogP contribution in [-0.4, -0.2) is 4.98 Å². The molecule has 0 saturated heterocycles. The number of alkyl halides is 3. The minimum absolute atomic E-state index is 0.217. The molecule has 108 valence electrons.